The first-order valence-electron chi connectivity index (χ1n) is 7.69. The summed E-state index contributed by atoms with van der Waals surface area (Å²) in [5.41, 5.74) is 1.71. The molecule has 116 valence electrons. The minimum Gasteiger partial charge on any atom is -0.284 e. The lowest BCUT2D eigenvalue weighted by Gasteiger charge is -2.13. The molecule has 0 aliphatic heterocycles. The van der Waals surface area contributed by atoms with Crippen molar-refractivity contribution in [1.29, 1.82) is 0 Å². The molecule has 0 unspecified atom stereocenters. The Labute approximate surface area is 139 Å². The Balaban J connectivity index is 2.07. The molecule has 0 N–H and O–H groups in total. The predicted molar refractivity (Wildman–Crippen MR) is 90.0 cm³/mol. The summed E-state index contributed by atoms with van der Waals surface area (Å²) >= 11 is 0. The highest BCUT2D eigenvalue weighted by atomic mass is 16.1. The molecule has 0 amide bonds. The van der Waals surface area contributed by atoms with E-state index >= 15 is 0 Å². The van der Waals surface area contributed by atoms with Gasteiger partial charge in [0.2, 0.25) is 23.0 Å². The number of imidazole rings is 1. The van der Waals surface area contributed by atoms with Gasteiger partial charge in [0, 0.05) is 18.1 Å². The number of rotatable bonds is 1. The molecule has 1 aliphatic carbocycles. The molecule has 0 bridgehead atoms. The van der Waals surface area contributed by atoms with E-state index in [2.05, 4.69) is 5.92 Å². The molecule has 1 aromatic heterocycles. The molecule has 0 saturated carbocycles. The third-order valence-corrected chi connectivity index (χ3v) is 4.76. The zero-order chi connectivity index (χ0) is 17.0. The molecule has 1 heterocycles. The minimum atomic E-state index is -0.149. The number of nitrogens with zero attached hydrogens (tertiary/aromatic N) is 2. The number of terminal acetylenes is 1. The van der Waals surface area contributed by atoms with Gasteiger partial charge in [-0.15, -0.1) is 6.42 Å². The normalized spacial score (nSPS) is 12.9. The van der Waals surface area contributed by atoms with E-state index in [0.29, 0.717) is 22.5 Å². The third-order valence-electron chi connectivity index (χ3n) is 4.76. The number of hydrogen-bond donors (Lipinski definition) is 0. The van der Waals surface area contributed by atoms with Crippen molar-refractivity contribution in [3.63, 3.8) is 0 Å². The van der Waals surface area contributed by atoms with Crippen LogP contribution in [-0.4, -0.2) is 16.1 Å². The van der Waals surface area contributed by atoms with Crippen LogP contribution in [0, 0.1) is 19.3 Å². The molecular formula is C20H15N2O2+. The first-order chi connectivity index (χ1) is 11.5. The van der Waals surface area contributed by atoms with Crippen LogP contribution in [0.4, 0.5) is 0 Å². The summed E-state index contributed by atoms with van der Waals surface area (Å²) in [6.07, 6.45) is 5.44. The lowest BCUT2D eigenvalue weighted by Crippen LogP contribution is -2.39. The van der Waals surface area contributed by atoms with Crippen LogP contribution in [0.25, 0.3) is 10.8 Å². The molecule has 4 rings (SSSR count). The van der Waals surface area contributed by atoms with Gasteiger partial charge in [-0.2, -0.15) is 0 Å². The van der Waals surface area contributed by atoms with Crippen molar-refractivity contribution >= 4 is 22.3 Å². The molecule has 4 nitrogen and oxygen atoms in total. The molecule has 0 atom stereocenters. The highest BCUT2D eigenvalue weighted by molar-refractivity contribution is 6.27. The van der Waals surface area contributed by atoms with Gasteiger partial charge >= 0.3 is 0 Å². The van der Waals surface area contributed by atoms with E-state index in [-0.39, 0.29) is 18.1 Å². The van der Waals surface area contributed by atoms with Crippen LogP contribution in [-0.2, 0) is 13.6 Å². The van der Waals surface area contributed by atoms with E-state index in [0.717, 1.165) is 16.6 Å². The van der Waals surface area contributed by atoms with Crippen LogP contribution >= 0.6 is 0 Å². The quantitative estimate of drug-likeness (QED) is 0.399. The zero-order valence-corrected chi connectivity index (χ0v) is 13.5. The van der Waals surface area contributed by atoms with Crippen molar-refractivity contribution in [2.45, 2.75) is 13.5 Å². The van der Waals surface area contributed by atoms with Crippen LogP contribution in [0.5, 0.6) is 0 Å². The molecule has 2 aromatic carbocycles. The van der Waals surface area contributed by atoms with Crippen molar-refractivity contribution in [3.8, 4) is 12.3 Å². The van der Waals surface area contributed by atoms with Gasteiger partial charge in [0.1, 0.15) is 0 Å². The Morgan fingerprint density at radius 3 is 2.25 bits per heavy atom. The number of aromatic nitrogens is 2. The zero-order valence-electron chi connectivity index (χ0n) is 13.5. The van der Waals surface area contributed by atoms with E-state index in [1.54, 1.807) is 22.2 Å². The van der Waals surface area contributed by atoms with Crippen LogP contribution in [0.3, 0.4) is 0 Å². The summed E-state index contributed by atoms with van der Waals surface area (Å²) < 4.78 is 3.50. The highest BCUT2D eigenvalue weighted by Gasteiger charge is 2.42. The van der Waals surface area contributed by atoms with E-state index in [4.69, 9.17) is 6.42 Å². The summed E-state index contributed by atoms with van der Waals surface area (Å²) in [4.78, 5) is 26.2. The van der Waals surface area contributed by atoms with Gasteiger partial charge in [0.05, 0.1) is 7.05 Å². The Hall–Kier alpha value is -3.19. The van der Waals surface area contributed by atoms with Crippen LogP contribution in [0.1, 0.15) is 37.9 Å². The van der Waals surface area contributed by atoms with Gasteiger partial charge < -0.3 is 0 Å². The van der Waals surface area contributed by atoms with Gasteiger partial charge in [0.15, 0.2) is 6.54 Å². The molecule has 0 radical (unpaired) electrons. The Morgan fingerprint density at radius 1 is 1.08 bits per heavy atom. The van der Waals surface area contributed by atoms with E-state index in [1.807, 2.05) is 37.3 Å². The summed E-state index contributed by atoms with van der Waals surface area (Å²) in [6.45, 7) is 2.12. The van der Waals surface area contributed by atoms with Crippen molar-refractivity contribution in [2.75, 3.05) is 0 Å². The maximum Gasteiger partial charge on any atom is 0.255 e. The Bertz CT molecular complexity index is 1100. The summed E-state index contributed by atoms with van der Waals surface area (Å²) in [6, 6.07) is 11.3. The van der Waals surface area contributed by atoms with Gasteiger partial charge in [0.25, 0.3) is 5.82 Å². The number of ketones is 2. The average Bonchev–Trinajstić information content (AvgIpc) is 2.84. The molecule has 0 saturated heterocycles. The second kappa shape index (κ2) is 4.90. The van der Waals surface area contributed by atoms with Crippen molar-refractivity contribution in [3.05, 3.63) is 64.7 Å². The fourth-order valence-corrected chi connectivity index (χ4v) is 3.44. The molecule has 1 aliphatic rings. The summed E-state index contributed by atoms with van der Waals surface area (Å²) in [5.74, 6) is 3.07. The maximum absolute atomic E-state index is 13.1. The average molecular weight is 315 g/mol. The standard InChI is InChI=1S/C20H15N2O2/c1-4-9-22-12(2)21(3)17-18(22)20(24)16-11-14-8-6-5-7-13(14)10-15(16)19(17)23/h1,5-8,10-11H,9H2,2-3H3/q+1. The van der Waals surface area contributed by atoms with E-state index < -0.39 is 0 Å². The van der Waals surface area contributed by atoms with Crippen LogP contribution in [0.2, 0.25) is 0 Å². The third kappa shape index (κ3) is 1.73. The summed E-state index contributed by atoms with van der Waals surface area (Å²) in [5, 5.41) is 1.89. The molecule has 0 fully saturated rings. The Kier molecular flexibility index (Phi) is 2.94. The number of benzene rings is 2. The van der Waals surface area contributed by atoms with Crippen molar-refractivity contribution in [2.24, 2.45) is 7.05 Å². The summed E-state index contributed by atoms with van der Waals surface area (Å²) in [7, 11) is 1.79. The smallest absolute Gasteiger partial charge is 0.255 e. The molecule has 24 heavy (non-hydrogen) atoms. The minimum absolute atomic E-state index is 0.133. The molecular weight excluding hydrogens is 300 g/mol. The van der Waals surface area contributed by atoms with Crippen LogP contribution in [0.15, 0.2) is 36.4 Å². The monoisotopic (exact) mass is 315 g/mol. The fourth-order valence-electron chi connectivity index (χ4n) is 3.44. The largest absolute Gasteiger partial charge is 0.284 e. The van der Waals surface area contributed by atoms with Gasteiger partial charge in [-0.05, 0) is 22.9 Å². The van der Waals surface area contributed by atoms with Gasteiger partial charge in [-0.1, -0.05) is 30.2 Å². The first kappa shape index (κ1) is 14.4. The number of carbonyl (C=O) groups is 2. The van der Waals surface area contributed by atoms with Gasteiger partial charge in [-0.3, -0.25) is 9.59 Å². The first-order valence-corrected chi connectivity index (χ1v) is 7.69. The van der Waals surface area contributed by atoms with Crippen molar-refractivity contribution < 1.29 is 14.2 Å². The molecule has 0 spiro atoms. The number of carbonyl (C=O) groups excluding carboxylic acids is 2. The van der Waals surface area contributed by atoms with E-state index in [9.17, 15) is 9.59 Å². The fraction of sp³-hybridized carbons (Fsp3) is 0.150. The SMILES string of the molecule is C#CCn1c2c([n+](C)c1C)C(=O)c1cc3ccccc3cc1C2=O. The van der Waals surface area contributed by atoms with Gasteiger partial charge in [-0.25, -0.2) is 9.13 Å². The highest BCUT2D eigenvalue weighted by Crippen LogP contribution is 2.30. The maximum atomic E-state index is 13.1. The second-order valence-corrected chi connectivity index (χ2v) is 6.00. The lowest BCUT2D eigenvalue weighted by atomic mass is 9.87. The van der Waals surface area contributed by atoms with Crippen LogP contribution < -0.4 is 4.57 Å². The second-order valence-electron chi connectivity index (χ2n) is 6.00. The molecule has 4 heteroatoms. The molecule has 3 aromatic rings. The number of fused-ring (bicyclic) bond motifs is 3. The van der Waals surface area contributed by atoms with E-state index in [1.165, 1.54) is 0 Å². The Morgan fingerprint density at radius 2 is 1.67 bits per heavy atom. The topological polar surface area (TPSA) is 43.0 Å². The van der Waals surface area contributed by atoms with Crippen molar-refractivity contribution in [1.82, 2.24) is 4.57 Å². The number of hydrogen-bond acceptors (Lipinski definition) is 2. The predicted octanol–water partition coefficient (Wildman–Crippen LogP) is 2.18. The lowest BCUT2D eigenvalue weighted by molar-refractivity contribution is -0.679.